The molecule has 0 heterocycles. The fourth-order valence-corrected chi connectivity index (χ4v) is 6.58. The molecule has 352 valence electrons. The topological polar surface area (TPSA) is 78.9 Å². The van der Waals surface area contributed by atoms with E-state index in [-0.39, 0.29) is 44.0 Å². The van der Waals surface area contributed by atoms with Crippen LogP contribution in [0.5, 0.6) is 0 Å². The van der Waals surface area contributed by atoms with E-state index in [9.17, 15) is 14.4 Å². The van der Waals surface area contributed by atoms with Crippen molar-refractivity contribution in [3.05, 3.63) is 97.2 Å². The molecular formula is C56H92O6. The van der Waals surface area contributed by atoms with Crippen LogP contribution in [0.4, 0.5) is 0 Å². The minimum Gasteiger partial charge on any atom is -0.462 e. The first-order valence-corrected chi connectivity index (χ1v) is 25.3. The van der Waals surface area contributed by atoms with E-state index in [1.165, 1.54) is 83.5 Å². The largest absolute Gasteiger partial charge is 0.462 e. The van der Waals surface area contributed by atoms with E-state index in [0.717, 1.165) is 89.9 Å². The lowest BCUT2D eigenvalue weighted by Crippen LogP contribution is -2.30. The summed E-state index contributed by atoms with van der Waals surface area (Å²) in [6, 6.07) is 0. The summed E-state index contributed by atoms with van der Waals surface area (Å²) in [7, 11) is 0. The summed E-state index contributed by atoms with van der Waals surface area (Å²) < 4.78 is 16.6. The van der Waals surface area contributed by atoms with Crippen molar-refractivity contribution in [2.24, 2.45) is 0 Å². The Morgan fingerprint density at radius 3 is 1.16 bits per heavy atom. The first-order chi connectivity index (χ1) is 30.5. The van der Waals surface area contributed by atoms with Crippen molar-refractivity contribution in [3.63, 3.8) is 0 Å². The third-order valence-electron chi connectivity index (χ3n) is 10.4. The highest BCUT2D eigenvalue weighted by molar-refractivity contribution is 5.71. The van der Waals surface area contributed by atoms with Crippen LogP contribution < -0.4 is 0 Å². The molecule has 6 heteroatoms. The maximum absolute atomic E-state index is 12.8. The maximum atomic E-state index is 12.8. The molecule has 0 radical (unpaired) electrons. The van der Waals surface area contributed by atoms with E-state index < -0.39 is 6.10 Å². The standard InChI is InChI=1S/C56H92O6/c1-4-7-10-13-16-19-21-23-25-27-28-29-31-32-34-37-40-43-46-49-55(58)61-52-53(51-60-54(57)48-45-42-39-36-18-15-12-9-6-3)62-56(59)50-47-44-41-38-35-33-30-26-24-22-20-17-14-11-8-5-2/h7,10,16,19,23,25-26,28-30,32-35,40,43,53H,4-6,8-9,11-15,17-18,20-22,24,27,31,36-39,41-42,44-52H2,1-3H3/b10-7-,19-16-,25-23-,29-28-,30-26-,34-32-,35-33-,43-40-. The van der Waals surface area contributed by atoms with Gasteiger partial charge in [-0.25, -0.2) is 0 Å². The second-order valence-electron chi connectivity index (χ2n) is 16.4. The van der Waals surface area contributed by atoms with E-state index >= 15 is 0 Å². The second kappa shape index (κ2) is 50.0. The van der Waals surface area contributed by atoms with Crippen molar-refractivity contribution in [1.29, 1.82) is 0 Å². The summed E-state index contributed by atoms with van der Waals surface area (Å²) in [5.41, 5.74) is 0. The summed E-state index contributed by atoms with van der Waals surface area (Å²) in [6.07, 6.45) is 65.5. The maximum Gasteiger partial charge on any atom is 0.306 e. The third kappa shape index (κ3) is 47.4. The van der Waals surface area contributed by atoms with Crippen molar-refractivity contribution in [1.82, 2.24) is 0 Å². The Hall–Kier alpha value is -3.67. The smallest absolute Gasteiger partial charge is 0.306 e. The highest BCUT2D eigenvalue weighted by Gasteiger charge is 2.19. The first-order valence-electron chi connectivity index (χ1n) is 25.3. The van der Waals surface area contributed by atoms with Crippen molar-refractivity contribution >= 4 is 17.9 Å². The van der Waals surface area contributed by atoms with E-state index in [1.807, 2.05) is 12.2 Å². The Labute approximate surface area is 381 Å². The van der Waals surface area contributed by atoms with Crippen LogP contribution >= 0.6 is 0 Å². The van der Waals surface area contributed by atoms with Crippen LogP contribution in [-0.4, -0.2) is 37.2 Å². The predicted octanol–water partition coefficient (Wildman–Crippen LogP) is 16.6. The molecule has 0 bridgehead atoms. The molecule has 0 aliphatic rings. The highest BCUT2D eigenvalue weighted by Crippen LogP contribution is 2.13. The Morgan fingerprint density at radius 2 is 0.710 bits per heavy atom. The zero-order chi connectivity index (χ0) is 45.1. The molecule has 0 aliphatic heterocycles. The van der Waals surface area contributed by atoms with Crippen LogP contribution in [-0.2, 0) is 28.6 Å². The van der Waals surface area contributed by atoms with Crippen LogP contribution in [0.15, 0.2) is 97.2 Å². The number of rotatable bonds is 44. The van der Waals surface area contributed by atoms with Crippen LogP contribution in [0.1, 0.15) is 220 Å². The number of unbranched alkanes of at least 4 members (excludes halogenated alkanes) is 18. The molecule has 1 unspecified atom stereocenters. The summed E-state index contributed by atoms with van der Waals surface area (Å²) in [4.78, 5) is 37.8. The number of carbonyl (C=O) groups is 3. The Morgan fingerprint density at radius 1 is 0.355 bits per heavy atom. The summed E-state index contributed by atoms with van der Waals surface area (Å²) in [6.45, 7) is 6.40. The van der Waals surface area contributed by atoms with Gasteiger partial charge in [-0.1, -0.05) is 214 Å². The molecule has 0 aromatic carbocycles. The van der Waals surface area contributed by atoms with Gasteiger partial charge in [-0.3, -0.25) is 14.4 Å². The van der Waals surface area contributed by atoms with Crippen LogP contribution in [0, 0.1) is 0 Å². The van der Waals surface area contributed by atoms with Crippen LogP contribution in [0.3, 0.4) is 0 Å². The predicted molar refractivity (Wildman–Crippen MR) is 265 cm³/mol. The molecule has 0 amide bonds. The average molecular weight is 861 g/mol. The third-order valence-corrected chi connectivity index (χ3v) is 10.4. The summed E-state index contributed by atoms with van der Waals surface area (Å²) in [5.74, 6) is -1.03. The molecule has 0 spiro atoms. The molecule has 0 N–H and O–H groups in total. The van der Waals surface area contributed by atoms with E-state index in [4.69, 9.17) is 14.2 Å². The lowest BCUT2D eigenvalue weighted by atomic mass is 10.1. The number of esters is 3. The molecule has 0 saturated carbocycles. The second-order valence-corrected chi connectivity index (χ2v) is 16.4. The van der Waals surface area contributed by atoms with Gasteiger partial charge in [-0.2, -0.15) is 0 Å². The van der Waals surface area contributed by atoms with Gasteiger partial charge in [0, 0.05) is 19.3 Å². The average Bonchev–Trinajstić information content (AvgIpc) is 3.27. The zero-order valence-corrected chi connectivity index (χ0v) is 40.1. The number of hydrogen-bond acceptors (Lipinski definition) is 6. The molecule has 0 aromatic heterocycles. The number of allylic oxidation sites excluding steroid dienone is 16. The van der Waals surface area contributed by atoms with Gasteiger partial charge < -0.3 is 14.2 Å². The van der Waals surface area contributed by atoms with Crippen LogP contribution in [0.25, 0.3) is 0 Å². The van der Waals surface area contributed by atoms with E-state index in [1.54, 1.807) is 0 Å². The van der Waals surface area contributed by atoms with Crippen LogP contribution in [0.2, 0.25) is 0 Å². The number of ether oxygens (including phenoxy) is 3. The lowest BCUT2D eigenvalue weighted by molar-refractivity contribution is -0.166. The SMILES string of the molecule is CC/C=C\C/C=C\C/C=C\C/C=C\C/C=C\C/C=C\CCC(=O)OCC(COC(=O)CCCCCCCCCCC)OC(=O)CCCCC/C=C\C=C/CCCCCCCCC. The zero-order valence-electron chi connectivity index (χ0n) is 40.1. The summed E-state index contributed by atoms with van der Waals surface area (Å²) in [5, 5.41) is 0. The van der Waals surface area contributed by atoms with E-state index in [0.29, 0.717) is 12.8 Å². The van der Waals surface area contributed by atoms with Gasteiger partial charge in [-0.05, 0) is 83.5 Å². The molecule has 0 aromatic rings. The van der Waals surface area contributed by atoms with Crippen molar-refractivity contribution in [3.8, 4) is 0 Å². The molecule has 6 nitrogen and oxygen atoms in total. The monoisotopic (exact) mass is 861 g/mol. The minimum absolute atomic E-state index is 0.111. The van der Waals surface area contributed by atoms with Gasteiger partial charge in [0.05, 0.1) is 0 Å². The lowest BCUT2D eigenvalue weighted by Gasteiger charge is -2.18. The molecule has 62 heavy (non-hydrogen) atoms. The van der Waals surface area contributed by atoms with Gasteiger partial charge in [0.15, 0.2) is 6.10 Å². The molecule has 0 saturated heterocycles. The Balaban J connectivity index is 4.51. The number of carbonyl (C=O) groups excluding carboxylic acids is 3. The van der Waals surface area contributed by atoms with Crippen molar-refractivity contribution in [2.45, 2.75) is 226 Å². The quantitative estimate of drug-likeness (QED) is 0.0200. The molecular weight excluding hydrogens is 769 g/mol. The normalized spacial score (nSPS) is 12.9. The Kier molecular flexibility index (Phi) is 47.0. The molecule has 1 atom stereocenters. The number of hydrogen-bond donors (Lipinski definition) is 0. The fourth-order valence-electron chi connectivity index (χ4n) is 6.58. The molecule has 0 rings (SSSR count). The first kappa shape index (κ1) is 58.3. The van der Waals surface area contributed by atoms with Gasteiger partial charge in [0.25, 0.3) is 0 Å². The van der Waals surface area contributed by atoms with Gasteiger partial charge in [0.1, 0.15) is 13.2 Å². The highest BCUT2D eigenvalue weighted by atomic mass is 16.6. The minimum atomic E-state index is -0.819. The van der Waals surface area contributed by atoms with Crippen molar-refractivity contribution in [2.75, 3.05) is 13.2 Å². The fraction of sp³-hybridized carbons (Fsp3) is 0.661. The van der Waals surface area contributed by atoms with Gasteiger partial charge in [-0.15, -0.1) is 0 Å². The molecule has 0 aliphatic carbocycles. The molecule has 0 fully saturated rings. The van der Waals surface area contributed by atoms with Crippen molar-refractivity contribution < 1.29 is 28.6 Å². The van der Waals surface area contributed by atoms with Gasteiger partial charge >= 0.3 is 17.9 Å². The van der Waals surface area contributed by atoms with E-state index in [2.05, 4.69) is 106 Å². The summed E-state index contributed by atoms with van der Waals surface area (Å²) >= 11 is 0. The van der Waals surface area contributed by atoms with Gasteiger partial charge in [0.2, 0.25) is 0 Å². The Bertz CT molecular complexity index is 1260.